The Bertz CT molecular complexity index is 359. The van der Waals surface area contributed by atoms with Crippen molar-refractivity contribution in [1.82, 2.24) is 10.6 Å². The number of rotatable bonds is 0. The zero-order valence-corrected chi connectivity index (χ0v) is 10.5. The van der Waals surface area contributed by atoms with Gasteiger partial charge in [0, 0.05) is 24.5 Å². The second-order valence-electron chi connectivity index (χ2n) is 5.15. The lowest BCUT2D eigenvalue weighted by Crippen LogP contribution is -2.45. The fraction of sp³-hybridized carbons (Fsp3) is 0.571. The number of fused-ring (bicyclic) bond motifs is 2. The molecular weight excluding hydrogens is 224 g/mol. The lowest BCUT2D eigenvalue weighted by atomic mass is 9.87. The van der Waals surface area contributed by atoms with Gasteiger partial charge < -0.3 is 10.6 Å². The Kier molecular flexibility index (Phi) is 3.44. The van der Waals surface area contributed by atoms with Crippen LogP contribution in [0.15, 0.2) is 34.5 Å². The lowest BCUT2D eigenvalue weighted by molar-refractivity contribution is 0.312. The molecule has 0 radical (unpaired) electrons. The van der Waals surface area contributed by atoms with E-state index in [4.69, 9.17) is 0 Å². The van der Waals surface area contributed by atoms with Crippen molar-refractivity contribution >= 4 is 12.4 Å². The lowest BCUT2D eigenvalue weighted by Gasteiger charge is -2.34. The van der Waals surface area contributed by atoms with Crippen LogP contribution in [0.5, 0.6) is 0 Å². The van der Waals surface area contributed by atoms with E-state index in [0.717, 1.165) is 0 Å². The SMILES string of the molecule is C1=NC2CCC2N/C=C\C=N[C@@H]2CC[C@@H]2N/C=C\1. The molecule has 0 aromatic rings. The zero-order chi connectivity index (χ0) is 12.2. The molecule has 4 atom stereocenters. The second-order valence-corrected chi connectivity index (χ2v) is 5.15. The van der Waals surface area contributed by atoms with Gasteiger partial charge in [0.05, 0.1) is 12.1 Å². The summed E-state index contributed by atoms with van der Waals surface area (Å²) in [5.41, 5.74) is 0. The summed E-state index contributed by atoms with van der Waals surface area (Å²) in [6, 6.07) is 1.84. The van der Waals surface area contributed by atoms with E-state index in [1.54, 1.807) is 0 Å². The fourth-order valence-corrected chi connectivity index (χ4v) is 2.48. The summed E-state index contributed by atoms with van der Waals surface area (Å²) >= 11 is 0. The largest absolute Gasteiger partial charge is 0.386 e. The van der Waals surface area contributed by atoms with Crippen LogP contribution in [0, 0.1) is 0 Å². The van der Waals surface area contributed by atoms with Crippen LogP contribution >= 0.6 is 0 Å². The van der Waals surface area contributed by atoms with Gasteiger partial charge in [-0.05, 0) is 50.2 Å². The monoisotopic (exact) mass is 244 g/mol. The summed E-state index contributed by atoms with van der Waals surface area (Å²) in [7, 11) is 0. The van der Waals surface area contributed by atoms with Crippen molar-refractivity contribution in [3.8, 4) is 0 Å². The average Bonchev–Trinajstić information content (AvgIpc) is 2.32. The highest BCUT2D eigenvalue weighted by atomic mass is 15.0. The van der Waals surface area contributed by atoms with Crippen molar-refractivity contribution in [2.45, 2.75) is 49.9 Å². The minimum absolute atomic E-state index is 0.427. The van der Waals surface area contributed by atoms with E-state index in [1.807, 2.05) is 37.0 Å². The number of hydrogen-bond donors (Lipinski definition) is 2. The van der Waals surface area contributed by atoms with E-state index < -0.39 is 0 Å². The summed E-state index contributed by atoms with van der Waals surface area (Å²) in [6.45, 7) is 0. The number of aliphatic imine (C=N–C) groups is 2. The first kappa shape index (κ1) is 11.5. The van der Waals surface area contributed by atoms with E-state index in [0.29, 0.717) is 24.2 Å². The van der Waals surface area contributed by atoms with Crippen molar-refractivity contribution in [3.63, 3.8) is 0 Å². The van der Waals surface area contributed by atoms with E-state index in [1.165, 1.54) is 25.7 Å². The molecule has 4 heteroatoms. The standard InChI is InChI=1S/C14H20N4/c1-7-15-11-3-5-13(11)17-9-2-10-18-14-6-4-12(14)16-8-1/h1-2,7-15,18H,3-6H2/b7-1-,10-2-,16-8?,17-9?/t11-,12?,13+,14?/m0/s1. The number of allylic oxidation sites excluding steroid dienone is 2. The molecule has 2 saturated carbocycles. The molecule has 0 aromatic heterocycles. The van der Waals surface area contributed by atoms with Crippen molar-refractivity contribution in [2.24, 2.45) is 9.98 Å². The normalized spacial score (nSPS) is 41.8. The summed E-state index contributed by atoms with van der Waals surface area (Å²) < 4.78 is 0. The Morgan fingerprint density at radius 3 is 1.61 bits per heavy atom. The van der Waals surface area contributed by atoms with Crippen LogP contribution < -0.4 is 10.6 Å². The Labute approximate surface area is 108 Å². The van der Waals surface area contributed by atoms with E-state index in [2.05, 4.69) is 20.6 Å². The minimum atomic E-state index is 0.427. The number of nitrogens with zero attached hydrogens (tertiary/aromatic N) is 2. The first-order chi connectivity index (χ1) is 8.93. The Morgan fingerprint density at radius 2 is 1.22 bits per heavy atom. The third kappa shape index (κ3) is 2.47. The van der Waals surface area contributed by atoms with Crippen LogP contribution in [0.4, 0.5) is 0 Å². The third-order valence-corrected chi connectivity index (χ3v) is 4.02. The molecule has 0 spiro atoms. The van der Waals surface area contributed by atoms with Crippen LogP contribution in [0.1, 0.15) is 25.7 Å². The molecule has 0 bridgehead atoms. The number of nitrogens with one attached hydrogen (secondary N) is 2. The van der Waals surface area contributed by atoms with Gasteiger partial charge >= 0.3 is 0 Å². The molecule has 0 amide bonds. The van der Waals surface area contributed by atoms with Crippen LogP contribution in [-0.4, -0.2) is 36.6 Å². The van der Waals surface area contributed by atoms with Crippen LogP contribution in [0.25, 0.3) is 0 Å². The first-order valence-electron chi connectivity index (χ1n) is 6.82. The molecule has 2 N–H and O–H groups in total. The molecule has 18 heavy (non-hydrogen) atoms. The van der Waals surface area contributed by atoms with Gasteiger partial charge in [-0.1, -0.05) is 0 Å². The molecule has 2 unspecified atom stereocenters. The average molecular weight is 244 g/mol. The Balaban J connectivity index is 1.66. The third-order valence-electron chi connectivity index (χ3n) is 4.02. The molecule has 0 aromatic carbocycles. The zero-order valence-electron chi connectivity index (χ0n) is 10.5. The van der Waals surface area contributed by atoms with Crippen LogP contribution in [0.2, 0.25) is 0 Å². The molecule has 2 fully saturated rings. The predicted molar refractivity (Wildman–Crippen MR) is 75.2 cm³/mol. The fourth-order valence-electron chi connectivity index (χ4n) is 2.48. The van der Waals surface area contributed by atoms with Crippen molar-refractivity contribution in [2.75, 3.05) is 0 Å². The van der Waals surface area contributed by atoms with Gasteiger partial charge in [0.15, 0.2) is 0 Å². The van der Waals surface area contributed by atoms with Crippen molar-refractivity contribution < 1.29 is 0 Å². The van der Waals surface area contributed by atoms with Gasteiger partial charge in [-0.3, -0.25) is 9.98 Å². The second kappa shape index (κ2) is 5.38. The summed E-state index contributed by atoms with van der Waals surface area (Å²) in [6.07, 6.45) is 16.6. The highest BCUT2D eigenvalue weighted by Gasteiger charge is 2.29. The summed E-state index contributed by atoms with van der Waals surface area (Å²) in [5.74, 6) is 0. The summed E-state index contributed by atoms with van der Waals surface area (Å²) in [4.78, 5) is 9.12. The topological polar surface area (TPSA) is 48.8 Å². The maximum atomic E-state index is 4.56. The predicted octanol–water partition coefficient (Wildman–Crippen LogP) is 1.41. The Morgan fingerprint density at radius 1 is 0.722 bits per heavy atom. The van der Waals surface area contributed by atoms with Crippen molar-refractivity contribution in [1.29, 1.82) is 0 Å². The van der Waals surface area contributed by atoms with Gasteiger partial charge in [0.2, 0.25) is 0 Å². The highest BCUT2D eigenvalue weighted by Crippen LogP contribution is 2.24. The summed E-state index contributed by atoms with van der Waals surface area (Å²) in [5, 5.41) is 6.78. The molecule has 3 rings (SSSR count). The van der Waals surface area contributed by atoms with Gasteiger partial charge in [-0.25, -0.2) is 0 Å². The molecule has 2 aliphatic carbocycles. The molecule has 96 valence electrons. The maximum Gasteiger partial charge on any atom is 0.0701 e. The Hall–Kier alpha value is -1.58. The first-order valence-corrected chi connectivity index (χ1v) is 6.82. The van der Waals surface area contributed by atoms with E-state index in [9.17, 15) is 0 Å². The molecule has 1 heterocycles. The minimum Gasteiger partial charge on any atom is -0.386 e. The van der Waals surface area contributed by atoms with Gasteiger partial charge in [-0.15, -0.1) is 0 Å². The van der Waals surface area contributed by atoms with Gasteiger partial charge in [0.1, 0.15) is 0 Å². The molecule has 4 nitrogen and oxygen atoms in total. The van der Waals surface area contributed by atoms with E-state index in [-0.39, 0.29) is 0 Å². The highest BCUT2D eigenvalue weighted by molar-refractivity contribution is 5.72. The maximum absolute atomic E-state index is 4.56. The van der Waals surface area contributed by atoms with Gasteiger partial charge in [-0.2, -0.15) is 0 Å². The molecule has 1 aliphatic heterocycles. The van der Waals surface area contributed by atoms with Crippen LogP contribution in [-0.2, 0) is 0 Å². The molecule has 0 saturated heterocycles. The molecule has 3 aliphatic rings. The van der Waals surface area contributed by atoms with Gasteiger partial charge in [0.25, 0.3) is 0 Å². The van der Waals surface area contributed by atoms with Crippen LogP contribution in [0.3, 0.4) is 0 Å². The molecular formula is C14H20N4. The number of hydrogen-bond acceptors (Lipinski definition) is 4. The smallest absolute Gasteiger partial charge is 0.0701 e. The quantitative estimate of drug-likeness (QED) is 0.677. The van der Waals surface area contributed by atoms with E-state index >= 15 is 0 Å². The van der Waals surface area contributed by atoms with Crippen molar-refractivity contribution in [3.05, 3.63) is 24.6 Å².